The smallest absolute Gasteiger partial charge is 0.299 e. The van der Waals surface area contributed by atoms with Crippen molar-refractivity contribution >= 4 is 11.6 Å². The fourth-order valence-electron chi connectivity index (χ4n) is 0.990. The average molecular weight is 360 g/mol. The van der Waals surface area contributed by atoms with Gasteiger partial charge in [-0.2, -0.15) is 30.7 Å². The zero-order valence-corrected chi connectivity index (χ0v) is 11.4. The summed E-state index contributed by atoms with van der Waals surface area (Å²) in [5.41, 5.74) is -1.75. The van der Waals surface area contributed by atoms with Crippen molar-refractivity contribution in [3.63, 3.8) is 0 Å². The van der Waals surface area contributed by atoms with Gasteiger partial charge in [0.2, 0.25) is 5.78 Å². The van der Waals surface area contributed by atoms with Crippen LogP contribution in [0, 0.1) is 5.41 Å². The predicted molar refractivity (Wildman–Crippen MR) is 50.0 cm³/mol. The summed E-state index contributed by atoms with van der Waals surface area (Å²) in [4.78, 5) is 22.0. The Morgan fingerprint density at radius 1 is 0.900 bits per heavy atom. The first-order chi connectivity index (χ1) is 8.07. The van der Waals surface area contributed by atoms with Gasteiger partial charge in [-0.25, -0.2) is 0 Å². The van der Waals surface area contributed by atoms with E-state index in [-0.39, 0.29) is 17.1 Å². The summed E-state index contributed by atoms with van der Waals surface area (Å²) in [6, 6.07) is 0. The summed E-state index contributed by atoms with van der Waals surface area (Å²) in [5.74, 6) is -15.8. The molecule has 0 atom stereocenters. The molecular formula is C10H11CuF7O2. The zero-order valence-electron chi connectivity index (χ0n) is 10.5. The van der Waals surface area contributed by atoms with Gasteiger partial charge in [0.05, 0.1) is 0 Å². The van der Waals surface area contributed by atoms with Crippen molar-refractivity contribution in [2.75, 3.05) is 0 Å². The van der Waals surface area contributed by atoms with E-state index in [1.54, 1.807) is 0 Å². The molecule has 20 heavy (non-hydrogen) atoms. The van der Waals surface area contributed by atoms with Crippen molar-refractivity contribution in [2.45, 2.75) is 45.2 Å². The van der Waals surface area contributed by atoms with Gasteiger partial charge in [0.1, 0.15) is 5.78 Å². The Hall–Kier alpha value is -0.631. The van der Waals surface area contributed by atoms with Crippen LogP contribution in [0.15, 0.2) is 0 Å². The standard InChI is InChI=1S/C10H11F7O2.Cu/c1-5(18)7(2,3)4-6(19)8(11,12)9(13,14)10(15,16)17;/h4H2,1-3H3;. The first-order valence-corrected chi connectivity index (χ1v) is 4.94. The first kappa shape index (κ1) is 21.7. The first-order valence-electron chi connectivity index (χ1n) is 4.94. The molecule has 10 heteroatoms. The minimum absolute atomic E-state index is 0. The van der Waals surface area contributed by atoms with Gasteiger partial charge in [-0.05, 0) is 6.92 Å². The predicted octanol–water partition coefficient (Wildman–Crippen LogP) is 3.39. The molecule has 0 aromatic rings. The van der Waals surface area contributed by atoms with Crippen LogP contribution >= 0.6 is 0 Å². The maximum Gasteiger partial charge on any atom is 0.460 e. The van der Waals surface area contributed by atoms with Gasteiger partial charge in [0.25, 0.3) is 0 Å². The summed E-state index contributed by atoms with van der Waals surface area (Å²) in [6.45, 7) is 2.90. The molecule has 0 N–H and O–H groups in total. The Labute approximate surface area is 120 Å². The van der Waals surface area contributed by atoms with E-state index in [1.807, 2.05) is 0 Å². The van der Waals surface area contributed by atoms with Crippen LogP contribution in [0.1, 0.15) is 27.2 Å². The van der Waals surface area contributed by atoms with Crippen molar-refractivity contribution in [3.05, 3.63) is 0 Å². The zero-order chi connectivity index (χ0) is 15.9. The molecule has 0 aliphatic carbocycles. The molecule has 0 bridgehead atoms. The molecule has 0 aliphatic heterocycles. The average Bonchev–Trinajstić information content (AvgIpc) is 2.14. The van der Waals surface area contributed by atoms with Gasteiger partial charge in [0, 0.05) is 28.9 Å². The Kier molecular flexibility index (Phi) is 6.51. The minimum atomic E-state index is -6.56. The molecule has 0 amide bonds. The SMILES string of the molecule is CC(=O)C(C)(C)CC(=O)C(F)(F)C(F)(F)C(F)(F)F.[Cu]. The molecular weight excluding hydrogens is 349 g/mol. The molecule has 1 radical (unpaired) electrons. The van der Waals surface area contributed by atoms with E-state index < -0.39 is 41.4 Å². The van der Waals surface area contributed by atoms with Crippen LogP contribution in [0.5, 0.6) is 0 Å². The molecule has 0 aromatic carbocycles. The van der Waals surface area contributed by atoms with Gasteiger partial charge < -0.3 is 0 Å². The normalized spacial score (nSPS) is 13.7. The summed E-state index contributed by atoms with van der Waals surface area (Å²) in [5, 5.41) is 0. The summed E-state index contributed by atoms with van der Waals surface area (Å²) in [6.07, 6.45) is -7.98. The van der Waals surface area contributed by atoms with Crippen LogP contribution in [0.3, 0.4) is 0 Å². The van der Waals surface area contributed by atoms with Crippen molar-refractivity contribution in [2.24, 2.45) is 5.41 Å². The maximum absolute atomic E-state index is 13.0. The van der Waals surface area contributed by atoms with Gasteiger partial charge in [-0.15, -0.1) is 0 Å². The third-order valence-electron chi connectivity index (χ3n) is 2.66. The van der Waals surface area contributed by atoms with Gasteiger partial charge >= 0.3 is 18.0 Å². The van der Waals surface area contributed by atoms with Crippen LogP contribution in [0.2, 0.25) is 0 Å². The molecule has 0 spiro atoms. The number of carbonyl (C=O) groups is 2. The number of halogens is 7. The summed E-state index contributed by atoms with van der Waals surface area (Å²) >= 11 is 0. The Balaban J connectivity index is 0. The second kappa shape index (κ2) is 6.01. The molecule has 0 saturated heterocycles. The number of ketones is 2. The van der Waals surface area contributed by atoms with E-state index in [9.17, 15) is 40.3 Å². The van der Waals surface area contributed by atoms with Crippen molar-refractivity contribution in [1.29, 1.82) is 0 Å². The van der Waals surface area contributed by atoms with E-state index in [1.165, 1.54) is 0 Å². The number of hydrogen-bond donors (Lipinski definition) is 0. The molecule has 0 rings (SSSR count). The molecule has 0 saturated carbocycles. The Morgan fingerprint density at radius 2 is 1.25 bits per heavy atom. The molecule has 0 aromatic heterocycles. The van der Waals surface area contributed by atoms with Crippen molar-refractivity contribution in [1.82, 2.24) is 0 Å². The molecule has 0 fully saturated rings. The van der Waals surface area contributed by atoms with Gasteiger partial charge in [-0.3, -0.25) is 9.59 Å². The topological polar surface area (TPSA) is 34.1 Å². The molecule has 0 heterocycles. The number of hydrogen-bond acceptors (Lipinski definition) is 2. The van der Waals surface area contributed by atoms with Crippen LogP contribution < -0.4 is 0 Å². The quantitative estimate of drug-likeness (QED) is 0.557. The second-order valence-electron chi connectivity index (χ2n) is 4.69. The maximum atomic E-state index is 13.0. The van der Waals surface area contributed by atoms with Crippen molar-refractivity contribution < 1.29 is 57.4 Å². The second-order valence-corrected chi connectivity index (χ2v) is 4.69. The monoisotopic (exact) mass is 359 g/mol. The molecule has 0 unspecified atom stereocenters. The van der Waals surface area contributed by atoms with Crippen molar-refractivity contribution in [3.8, 4) is 0 Å². The van der Waals surface area contributed by atoms with Crippen LogP contribution in [-0.2, 0) is 26.7 Å². The third kappa shape index (κ3) is 3.94. The van der Waals surface area contributed by atoms with Gasteiger partial charge in [-0.1, -0.05) is 13.8 Å². The summed E-state index contributed by atoms with van der Waals surface area (Å²) < 4.78 is 86.5. The fourth-order valence-corrected chi connectivity index (χ4v) is 0.990. The van der Waals surface area contributed by atoms with E-state index in [2.05, 4.69) is 0 Å². The number of rotatable bonds is 5. The molecule has 0 aliphatic rings. The number of alkyl halides is 7. The van der Waals surface area contributed by atoms with E-state index in [0.29, 0.717) is 0 Å². The molecule has 2 nitrogen and oxygen atoms in total. The van der Waals surface area contributed by atoms with E-state index >= 15 is 0 Å². The Bertz CT molecular complexity index is 388. The van der Waals surface area contributed by atoms with E-state index in [4.69, 9.17) is 0 Å². The number of carbonyl (C=O) groups excluding carboxylic acids is 2. The van der Waals surface area contributed by atoms with E-state index in [0.717, 1.165) is 20.8 Å². The number of Topliss-reactive ketones (excluding diaryl/α,β-unsaturated/α-hetero) is 2. The largest absolute Gasteiger partial charge is 0.460 e. The molecule has 123 valence electrons. The van der Waals surface area contributed by atoms with Gasteiger partial charge in [0.15, 0.2) is 0 Å². The summed E-state index contributed by atoms with van der Waals surface area (Å²) in [7, 11) is 0. The Morgan fingerprint density at radius 3 is 1.50 bits per heavy atom. The van der Waals surface area contributed by atoms with Crippen LogP contribution in [0.25, 0.3) is 0 Å². The fraction of sp³-hybridized carbons (Fsp3) is 0.800. The van der Waals surface area contributed by atoms with Crippen LogP contribution in [-0.4, -0.2) is 29.6 Å². The minimum Gasteiger partial charge on any atom is -0.299 e. The van der Waals surface area contributed by atoms with Crippen LogP contribution in [0.4, 0.5) is 30.7 Å². The third-order valence-corrected chi connectivity index (χ3v) is 2.66.